The Kier molecular flexibility index (Phi) is 6.34. The molecule has 1 unspecified atom stereocenters. The van der Waals surface area contributed by atoms with Crippen molar-refractivity contribution in [3.63, 3.8) is 0 Å². The van der Waals surface area contributed by atoms with Gasteiger partial charge in [0.2, 0.25) is 0 Å². The molecule has 0 radical (unpaired) electrons. The fourth-order valence-corrected chi connectivity index (χ4v) is 3.51. The minimum absolute atomic E-state index is 0.154. The lowest BCUT2D eigenvalue weighted by atomic mass is 9.81. The van der Waals surface area contributed by atoms with Crippen molar-refractivity contribution in [1.82, 2.24) is 4.90 Å². The number of hydrogen-bond donors (Lipinski definition) is 0. The third kappa shape index (κ3) is 3.34. The summed E-state index contributed by atoms with van der Waals surface area (Å²) in [4.78, 5) is 15.2. The van der Waals surface area contributed by atoms with E-state index in [2.05, 4.69) is 32.6 Å². The Labute approximate surface area is 113 Å². The maximum Gasteiger partial charge on any atom is 0.153 e. The van der Waals surface area contributed by atoms with Crippen LogP contribution in [0, 0.1) is 5.92 Å². The van der Waals surface area contributed by atoms with Crippen LogP contribution in [0.3, 0.4) is 0 Å². The summed E-state index contributed by atoms with van der Waals surface area (Å²) in [6.07, 6.45) is 7.60. The summed E-state index contributed by atoms with van der Waals surface area (Å²) in [5, 5.41) is 0. The van der Waals surface area contributed by atoms with Crippen LogP contribution in [0.25, 0.3) is 0 Å². The molecule has 0 spiro atoms. The first kappa shape index (κ1) is 15.7. The zero-order chi connectivity index (χ0) is 13.6. The highest BCUT2D eigenvalue weighted by Gasteiger charge is 2.41. The third-order valence-electron chi connectivity index (χ3n) is 4.72. The number of ketones is 1. The van der Waals surface area contributed by atoms with E-state index in [0.29, 0.717) is 11.7 Å². The highest BCUT2D eigenvalue weighted by molar-refractivity contribution is 5.88. The summed E-state index contributed by atoms with van der Waals surface area (Å²) >= 11 is 0. The van der Waals surface area contributed by atoms with Gasteiger partial charge in [-0.1, -0.05) is 40.5 Å². The summed E-state index contributed by atoms with van der Waals surface area (Å²) < 4.78 is 0. The molecule has 0 aromatic carbocycles. The van der Waals surface area contributed by atoms with E-state index in [4.69, 9.17) is 0 Å². The normalized spacial score (nSPS) is 19.1. The Morgan fingerprint density at radius 2 is 1.72 bits per heavy atom. The highest BCUT2D eigenvalue weighted by Crippen LogP contribution is 2.31. The van der Waals surface area contributed by atoms with Crippen molar-refractivity contribution < 1.29 is 4.79 Å². The van der Waals surface area contributed by atoms with E-state index in [0.717, 1.165) is 32.4 Å². The molecule has 0 N–H and O–H groups in total. The molecular weight excluding hydrogens is 222 g/mol. The standard InChI is InChI=1S/C16H31NO/c1-5-10-14(4)13-15(18)16(6-2,7-3)17-11-8-9-12-17/h14H,5-13H2,1-4H3. The summed E-state index contributed by atoms with van der Waals surface area (Å²) in [5.74, 6) is 1.04. The third-order valence-corrected chi connectivity index (χ3v) is 4.72. The zero-order valence-corrected chi connectivity index (χ0v) is 12.8. The largest absolute Gasteiger partial charge is 0.298 e. The van der Waals surface area contributed by atoms with Crippen LogP contribution in [-0.2, 0) is 4.79 Å². The molecule has 18 heavy (non-hydrogen) atoms. The first-order valence-electron chi connectivity index (χ1n) is 7.89. The number of likely N-dealkylation sites (tertiary alicyclic amines) is 1. The topological polar surface area (TPSA) is 20.3 Å². The van der Waals surface area contributed by atoms with Crippen molar-refractivity contribution in [1.29, 1.82) is 0 Å². The predicted molar refractivity (Wildman–Crippen MR) is 77.8 cm³/mol. The van der Waals surface area contributed by atoms with Crippen LogP contribution in [0.5, 0.6) is 0 Å². The lowest BCUT2D eigenvalue weighted by Crippen LogP contribution is -2.53. The molecule has 2 heteroatoms. The van der Waals surface area contributed by atoms with Gasteiger partial charge in [0.15, 0.2) is 5.78 Å². The summed E-state index contributed by atoms with van der Waals surface area (Å²) in [5.41, 5.74) is -0.154. The van der Waals surface area contributed by atoms with Crippen molar-refractivity contribution in [2.45, 2.75) is 78.2 Å². The molecule has 0 amide bonds. The Morgan fingerprint density at radius 1 is 1.17 bits per heavy atom. The van der Waals surface area contributed by atoms with Gasteiger partial charge in [-0.15, -0.1) is 0 Å². The monoisotopic (exact) mass is 253 g/mol. The second-order valence-corrected chi connectivity index (χ2v) is 5.95. The Hall–Kier alpha value is -0.370. The Bertz CT molecular complexity index is 252. The maximum atomic E-state index is 12.8. The second kappa shape index (κ2) is 7.28. The van der Waals surface area contributed by atoms with Gasteiger partial charge in [-0.05, 0) is 44.7 Å². The molecular formula is C16H31NO. The number of carbonyl (C=O) groups is 1. The molecule has 1 aliphatic rings. The van der Waals surface area contributed by atoms with Gasteiger partial charge < -0.3 is 0 Å². The molecule has 0 saturated carbocycles. The maximum absolute atomic E-state index is 12.8. The van der Waals surface area contributed by atoms with E-state index in [9.17, 15) is 4.79 Å². The average Bonchev–Trinajstić information content (AvgIpc) is 2.86. The SMILES string of the molecule is CCCC(C)CC(=O)C(CC)(CC)N1CCCC1. The van der Waals surface area contributed by atoms with Crippen LogP contribution in [0.1, 0.15) is 72.6 Å². The van der Waals surface area contributed by atoms with Crippen LogP contribution >= 0.6 is 0 Å². The van der Waals surface area contributed by atoms with E-state index in [-0.39, 0.29) is 5.54 Å². The second-order valence-electron chi connectivity index (χ2n) is 5.95. The molecule has 0 bridgehead atoms. The summed E-state index contributed by atoms with van der Waals surface area (Å²) in [6, 6.07) is 0. The van der Waals surface area contributed by atoms with Gasteiger partial charge >= 0.3 is 0 Å². The van der Waals surface area contributed by atoms with Crippen LogP contribution in [-0.4, -0.2) is 29.3 Å². The van der Waals surface area contributed by atoms with Gasteiger partial charge in [0, 0.05) is 6.42 Å². The average molecular weight is 253 g/mol. The predicted octanol–water partition coefficient (Wildman–Crippen LogP) is 4.04. The minimum Gasteiger partial charge on any atom is -0.298 e. The number of carbonyl (C=O) groups excluding carboxylic acids is 1. The van der Waals surface area contributed by atoms with Crippen LogP contribution in [0.2, 0.25) is 0 Å². The molecule has 1 heterocycles. The van der Waals surface area contributed by atoms with E-state index in [1.807, 2.05) is 0 Å². The molecule has 0 aliphatic carbocycles. The molecule has 106 valence electrons. The number of nitrogens with zero attached hydrogens (tertiary/aromatic N) is 1. The van der Waals surface area contributed by atoms with E-state index in [1.54, 1.807) is 0 Å². The van der Waals surface area contributed by atoms with Crippen molar-refractivity contribution in [2.24, 2.45) is 5.92 Å². The van der Waals surface area contributed by atoms with Gasteiger partial charge in [-0.25, -0.2) is 0 Å². The molecule has 1 rings (SSSR count). The van der Waals surface area contributed by atoms with Crippen molar-refractivity contribution in [3.05, 3.63) is 0 Å². The molecule has 2 nitrogen and oxygen atoms in total. The lowest BCUT2D eigenvalue weighted by Gasteiger charge is -2.40. The van der Waals surface area contributed by atoms with Crippen molar-refractivity contribution in [3.8, 4) is 0 Å². The molecule has 1 saturated heterocycles. The highest BCUT2D eigenvalue weighted by atomic mass is 16.1. The summed E-state index contributed by atoms with van der Waals surface area (Å²) in [6.45, 7) is 11.0. The summed E-state index contributed by atoms with van der Waals surface area (Å²) in [7, 11) is 0. The smallest absolute Gasteiger partial charge is 0.153 e. The first-order chi connectivity index (χ1) is 8.60. The molecule has 0 aromatic rings. The van der Waals surface area contributed by atoms with Gasteiger partial charge in [0.1, 0.15) is 0 Å². The first-order valence-corrected chi connectivity index (χ1v) is 7.89. The van der Waals surface area contributed by atoms with Crippen molar-refractivity contribution >= 4 is 5.78 Å². The number of Topliss-reactive ketones (excluding diaryl/α,β-unsaturated/α-hetero) is 1. The fourth-order valence-electron chi connectivity index (χ4n) is 3.51. The van der Waals surface area contributed by atoms with E-state index in [1.165, 1.54) is 25.7 Å². The van der Waals surface area contributed by atoms with Gasteiger partial charge in [0.25, 0.3) is 0 Å². The number of hydrogen-bond acceptors (Lipinski definition) is 2. The minimum atomic E-state index is -0.154. The molecule has 1 fully saturated rings. The van der Waals surface area contributed by atoms with E-state index >= 15 is 0 Å². The van der Waals surface area contributed by atoms with Crippen LogP contribution < -0.4 is 0 Å². The molecule has 0 aromatic heterocycles. The van der Waals surface area contributed by atoms with Gasteiger partial charge in [-0.3, -0.25) is 9.69 Å². The lowest BCUT2D eigenvalue weighted by molar-refractivity contribution is -0.132. The van der Waals surface area contributed by atoms with Crippen LogP contribution in [0.4, 0.5) is 0 Å². The number of rotatable bonds is 8. The molecule has 1 atom stereocenters. The van der Waals surface area contributed by atoms with Crippen LogP contribution in [0.15, 0.2) is 0 Å². The Balaban J connectivity index is 2.73. The quantitative estimate of drug-likeness (QED) is 0.651. The van der Waals surface area contributed by atoms with Gasteiger partial charge in [0.05, 0.1) is 5.54 Å². The Morgan fingerprint density at radius 3 is 2.17 bits per heavy atom. The van der Waals surface area contributed by atoms with E-state index < -0.39 is 0 Å². The van der Waals surface area contributed by atoms with Crippen molar-refractivity contribution in [2.75, 3.05) is 13.1 Å². The fraction of sp³-hybridized carbons (Fsp3) is 0.938. The zero-order valence-electron chi connectivity index (χ0n) is 12.8. The molecule has 1 aliphatic heterocycles. The van der Waals surface area contributed by atoms with Gasteiger partial charge in [-0.2, -0.15) is 0 Å².